The van der Waals surface area contributed by atoms with Crippen LogP contribution < -0.4 is 5.32 Å². The number of amides is 1. The van der Waals surface area contributed by atoms with E-state index in [1.807, 2.05) is 45.9 Å². The quantitative estimate of drug-likeness (QED) is 0.850. The van der Waals surface area contributed by atoms with Crippen LogP contribution in [0, 0.1) is 6.92 Å². The average molecular weight is 355 g/mol. The molecule has 1 N–H and O–H groups in total. The second kappa shape index (κ2) is 7.66. The van der Waals surface area contributed by atoms with Crippen LogP contribution in [0.5, 0.6) is 0 Å². The summed E-state index contributed by atoms with van der Waals surface area (Å²) in [6, 6.07) is 5.94. The molecule has 1 amide bonds. The zero-order valence-corrected chi connectivity index (χ0v) is 16.6. The number of benzene rings is 1. The fourth-order valence-corrected chi connectivity index (χ4v) is 4.16. The predicted octanol–water partition coefficient (Wildman–Crippen LogP) is 3.51. The van der Waals surface area contributed by atoms with Gasteiger partial charge in [-0.05, 0) is 44.7 Å². The Kier molecular flexibility index (Phi) is 6.59. The lowest BCUT2D eigenvalue weighted by Gasteiger charge is -2.33. The van der Waals surface area contributed by atoms with Gasteiger partial charge in [-0.1, -0.05) is 32.0 Å². The maximum atomic E-state index is 12.4. The monoisotopic (exact) mass is 354 g/mol. The first-order valence-corrected chi connectivity index (χ1v) is 10.1. The molecular formula is C18H30N2O3S. The number of nitrogens with one attached hydrogen (secondary N) is 1. The van der Waals surface area contributed by atoms with Crippen molar-refractivity contribution in [2.75, 3.05) is 18.1 Å². The number of rotatable bonds is 6. The zero-order chi connectivity index (χ0) is 18.7. The first-order chi connectivity index (χ1) is 10.8. The van der Waals surface area contributed by atoms with Crippen molar-refractivity contribution in [3.8, 4) is 0 Å². The Balaban J connectivity index is 2.88. The summed E-state index contributed by atoms with van der Waals surface area (Å²) in [5.41, 5.74) is 2.36. The van der Waals surface area contributed by atoms with Gasteiger partial charge in [-0.3, -0.25) is 4.79 Å². The van der Waals surface area contributed by atoms with Gasteiger partial charge >= 0.3 is 0 Å². The third-order valence-electron chi connectivity index (χ3n) is 3.88. The minimum Gasteiger partial charge on any atom is -0.326 e. The van der Waals surface area contributed by atoms with Gasteiger partial charge in [0.1, 0.15) is 0 Å². The number of para-hydroxylation sites is 1. The molecule has 0 atom stereocenters. The van der Waals surface area contributed by atoms with Gasteiger partial charge in [0.2, 0.25) is 15.9 Å². The van der Waals surface area contributed by atoms with E-state index in [0.29, 0.717) is 5.92 Å². The fourth-order valence-electron chi connectivity index (χ4n) is 2.75. The topological polar surface area (TPSA) is 66.5 Å². The molecule has 0 aliphatic carbocycles. The lowest BCUT2D eigenvalue weighted by molar-refractivity contribution is -0.116. The van der Waals surface area contributed by atoms with E-state index >= 15 is 0 Å². The van der Waals surface area contributed by atoms with Crippen LogP contribution >= 0.6 is 0 Å². The lowest BCUT2D eigenvalue weighted by atomic mass is 9.98. The van der Waals surface area contributed by atoms with Crippen molar-refractivity contribution < 1.29 is 13.2 Å². The molecule has 6 heteroatoms. The summed E-state index contributed by atoms with van der Waals surface area (Å²) < 4.78 is 25.2. The van der Waals surface area contributed by atoms with Crippen LogP contribution in [0.25, 0.3) is 0 Å². The summed E-state index contributed by atoms with van der Waals surface area (Å²) in [4.78, 5) is 12.4. The number of carbonyl (C=O) groups is 1. The maximum absolute atomic E-state index is 12.4. The summed E-state index contributed by atoms with van der Waals surface area (Å²) in [7, 11) is -3.37. The number of aryl methyl sites for hydroxylation is 1. The van der Waals surface area contributed by atoms with Crippen molar-refractivity contribution in [2.45, 2.75) is 59.4 Å². The Morgan fingerprint density at radius 3 is 2.29 bits per heavy atom. The third-order valence-corrected chi connectivity index (χ3v) is 5.41. The van der Waals surface area contributed by atoms with E-state index in [0.717, 1.165) is 16.8 Å². The van der Waals surface area contributed by atoms with Gasteiger partial charge in [0, 0.05) is 24.2 Å². The van der Waals surface area contributed by atoms with Gasteiger partial charge in [-0.25, -0.2) is 8.42 Å². The van der Waals surface area contributed by atoms with Crippen molar-refractivity contribution in [3.63, 3.8) is 0 Å². The molecule has 1 aromatic rings. The van der Waals surface area contributed by atoms with Crippen LogP contribution in [-0.4, -0.2) is 37.0 Å². The predicted molar refractivity (Wildman–Crippen MR) is 99.8 cm³/mol. The third kappa shape index (κ3) is 5.60. The molecule has 24 heavy (non-hydrogen) atoms. The molecule has 1 aromatic carbocycles. The van der Waals surface area contributed by atoms with E-state index in [2.05, 4.69) is 19.2 Å². The van der Waals surface area contributed by atoms with Crippen LogP contribution in [0.2, 0.25) is 0 Å². The Morgan fingerprint density at radius 2 is 1.83 bits per heavy atom. The Bertz CT molecular complexity index is 689. The molecule has 0 bridgehead atoms. The number of nitrogens with zero attached hydrogens (tertiary/aromatic N) is 1. The lowest BCUT2D eigenvalue weighted by Crippen LogP contribution is -2.46. The largest absolute Gasteiger partial charge is 0.326 e. The van der Waals surface area contributed by atoms with Gasteiger partial charge in [0.15, 0.2) is 0 Å². The van der Waals surface area contributed by atoms with Gasteiger partial charge in [0.05, 0.1) is 6.26 Å². The van der Waals surface area contributed by atoms with Crippen molar-refractivity contribution >= 4 is 21.6 Å². The molecule has 0 aromatic heterocycles. The van der Waals surface area contributed by atoms with E-state index in [1.54, 1.807) is 0 Å². The van der Waals surface area contributed by atoms with Gasteiger partial charge in [0.25, 0.3) is 0 Å². The van der Waals surface area contributed by atoms with E-state index in [-0.39, 0.29) is 18.9 Å². The molecule has 0 saturated carbocycles. The fraction of sp³-hybridized carbons (Fsp3) is 0.611. The smallest absolute Gasteiger partial charge is 0.225 e. The molecule has 1 rings (SSSR count). The zero-order valence-electron chi connectivity index (χ0n) is 15.8. The molecule has 0 fully saturated rings. The van der Waals surface area contributed by atoms with Crippen LogP contribution in [0.1, 0.15) is 58.1 Å². The van der Waals surface area contributed by atoms with Crippen LogP contribution in [0.3, 0.4) is 0 Å². The second-order valence-electron chi connectivity index (χ2n) is 7.50. The van der Waals surface area contributed by atoms with Crippen molar-refractivity contribution in [1.29, 1.82) is 0 Å². The Morgan fingerprint density at radius 1 is 1.25 bits per heavy atom. The van der Waals surface area contributed by atoms with Crippen molar-refractivity contribution in [1.82, 2.24) is 4.31 Å². The molecule has 0 radical (unpaired) electrons. The SMILES string of the molecule is Cc1cccc(C(C)C)c1NC(=O)CCN(C(C)(C)C)S(C)(=O)=O. The van der Waals surface area contributed by atoms with Crippen LogP contribution in [0.4, 0.5) is 5.69 Å². The molecule has 5 nitrogen and oxygen atoms in total. The molecule has 0 aliphatic rings. The molecule has 0 spiro atoms. The number of hydrogen-bond donors (Lipinski definition) is 1. The highest BCUT2D eigenvalue weighted by molar-refractivity contribution is 7.88. The first-order valence-electron chi connectivity index (χ1n) is 8.21. The first kappa shape index (κ1) is 20.6. The second-order valence-corrected chi connectivity index (χ2v) is 9.40. The van der Waals surface area contributed by atoms with Crippen LogP contribution in [0.15, 0.2) is 18.2 Å². The highest BCUT2D eigenvalue weighted by Crippen LogP contribution is 2.27. The van der Waals surface area contributed by atoms with E-state index in [4.69, 9.17) is 0 Å². The number of carbonyl (C=O) groups excluding carboxylic acids is 1. The molecule has 0 saturated heterocycles. The Hall–Kier alpha value is -1.40. The highest BCUT2D eigenvalue weighted by atomic mass is 32.2. The summed E-state index contributed by atoms with van der Waals surface area (Å²) in [6.07, 6.45) is 1.30. The van der Waals surface area contributed by atoms with Crippen LogP contribution in [-0.2, 0) is 14.8 Å². The minimum atomic E-state index is -3.37. The maximum Gasteiger partial charge on any atom is 0.225 e. The van der Waals surface area contributed by atoms with Crippen molar-refractivity contribution in [2.24, 2.45) is 0 Å². The highest BCUT2D eigenvalue weighted by Gasteiger charge is 2.29. The van der Waals surface area contributed by atoms with E-state index < -0.39 is 15.6 Å². The summed E-state index contributed by atoms with van der Waals surface area (Å²) in [6.45, 7) is 11.7. The average Bonchev–Trinajstić information content (AvgIpc) is 2.37. The molecular weight excluding hydrogens is 324 g/mol. The number of hydrogen-bond acceptors (Lipinski definition) is 3. The number of anilines is 1. The summed E-state index contributed by atoms with van der Waals surface area (Å²) in [5.74, 6) is 0.117. The molecule has 0 heterocycles. The standard InChI is InChI=1S/C18H30N2O3S/c1-13(2)15-10-8-9-14(3)17(15)19-16(21)11-12-20(18(4,5)6)24(7,22)23/h8-10,13H,11-12H2,1-7H3,(H,19,21). The number of sulfonamides is 1. The minimum absolute atomic E-state index is 0.121. The van der Waals surface area contributed by atoms with Gasteiger partial charge in [-0.15, -0.1) is 0 Å². The molecule has 136 valence electrons. The molecule has 0 unspecified atom stereocenters. The van der Waals surface area contributed by atoms with Gasteiger partial charge in [-0.2, -0.15) is 4.31 Å². The molecule has 0 aliphatic heterocycles. The van der Waals surface area contributed by atoms with Gasteiger partial charge < -0.3 is 5.32 Å². The van der Waals surface area contributed by atoms with Crippen molar-refractivity contribution in [3.05, 3.63) is 29.3 Å². The van der Waals surface area contributed by atoms with E-state index in [9.17, 15) is 13.2 Å². The summed E-state index contributed by atoms with van der Waals surface area (Å²) >= 11 is 0. The van der Waals surface area contributed by atoms with E-state index in [1.165, 1.54) is 10.6 Å². The summed E-state index contributed by atoms with van der Waals surface area (Å²) in [5, 5.41) is 2.96. The normalized spacial score (nSPS) is 12.7. The Labute approximate surface area is 146 Å².